The summed E-state index contributed by atoms with van der Waals surface area (Å²) in [6, 6.07) is 22.2. The van der Waals surface area contributed by atoms with E-state index in [1.165, 1.54) is 0 Å². The van der Waals surface area contributed by atoms with Crippen molar-refractivity contribution in [3.05, 3.63) is 101 Å². The Bertz CT molecular complexity index is 1160. The molecule has 34 heavy (non-hydrogen) atoms. The third-order valence-electron chi connectivity index (χ3n) is 6.33. The van der Waals surface area contributed by atoms with E-state index in [9.17, 15) is 8.42 Å². The predicted octanol–water partition coefficient (Wildman–Crippen LogP) is 6.78. The molecular weight excluding hydrogens is 440 g/mol. The van der Waals surface area contributed by atoms with Crippen molar-refractivity contribution in [2.24, 2.45) is 5.73 Å². The van der Waals surface area contributed by atoms with Gasteiger partial charge in [-0.1, -0.05) is 114 Å². The average Bonchev–Trinajstić information content (AvgIpc) is 2.82. The van der Waals surface area contributed by atoms with Crippen molar-refractivity contribution in [2.75, 3.05) is 0 Å². The minimum atomic E-state index is -3.88. The molecule has 3 aromatic carbocycles. The molecular formula is C29H38N2O2S. The molecule has 2 atom stereocenters. The highest BCUT2D eigenvalue weighted by Gasteiger charge is 2.32. The average molecular weight is 479 g/mol. The first-order valence-corrected chi connectivity index (χ1v) is 13.6. The number of nitrogens with two attached hydrogens (primary N) is 1. The number of hydrogen-bond donors (Lipinski definition) is 2. The fraction of sp³-hybridized carbons (Fsp3) is 0.379. The minimum absolute atomic E-state index is 0.0562. The lowest BCUT2D eigenvalue weighted by atomic mass is 9.89. The van der Waals surface area contributed by atoms with E-state index in [1.54, 1.807) is 0 Å². The van der Waals surface area contributed by atoms with Crippen LogP contribution in [0, 0.1) is 0 Å². The maximum absolute atomic E-state index is 14.1. The highest BCUT2D eigenvalue weighted by Crippen LogP contribution is 2.37. The standard InChI is InChI=1S/C29H38N2O2S/c1-19(2)24-17-25(20(3)4)29(26(18-24)21(5)6)34(32,33)31-28(23-15-11-8-12-16-23)27(30)22-13-9-7-10-14-22/h7-21,27-28,31H,30H2,1-6H3/t27-,28-/m0/s1. The van der Waals surface area contributed by atoms with Crippen molar-refractivity contribution in [2.45, 2.75) is 76.3 Å². The zero-order valence-electron chi connectivity index (χ0n) is 21.1. The highest BCUT2D eigenvalue weighted by atomic mass is 32.2. The summed E-state index contributed by atoms with van der Waals surface area (Å²) in [6.07, 6.45) is 0. The molecule has 3 rings (SSSR count). The van der Waals surface area contributed by atoms with E-state index < -0.39 is 22.1 Å². The molecule has 0 unspecified atom stereocenters. The van der Waals surface area contributed by atoms with Crippen LogP contribution in [0.15, 0.2) is 77.7 Å². The molecule has 0 aromatic heterocycles. The van der Waals surface area contributed by atoms with E-state index in [0.717, 1.165) is 27.8 Å². The zero-order chi connectivity index (χ0) is 25.0. The molecule has 0 amide bonds. The summed E-state index contributed by atoms with van der Waals surface area (Å²) in [5.41, 5.74) is 11.3. The van der Waals surface area contributed by atoms with Crippen LogP contribution in [0.2, 0.25) is 0 Å². The van der Waals surface area contributed by atoms with Crippen molar-refractivity contribution in [3.8, 4) is 0 Å². The van der Waals surface area contributed by atoms with E-state index in [0.29, 0.717) is 10.8 Å². The van der Waals surface area contributed by atoms with Crippen molar-refractivity contribution < 1.29 is 8.42 Å². The Morgan fingerprint density at radius 1 is 0.647 bits per heavy atom. The maximum Gasteiger partial charge on any atom is 0.241 e. The fourth-order valence-electron chi connectivity index (χ4n) is 4.30. The molecule has 0 aliphatic rings. The quantitative estimate of drug-likeness (QED) is 0.356. The summed E-state index contributed by atoms with van der Waals surface area (Å²) in [4.78, 5) is 0.392. The monoisotopic (exact) mass is 478 g/mol. The largest absolute Gasteiger partial charge is 0.322 e. The molecule has 0 radical (unpaired) electrons. The van der Waals surface area contributed by atoms with Crippen LogP contribution in [0.25, 0.3) is 0 Å². The molecule has 0 bridgehead atoms. The lowest BCUT2D eigenvalue weighted by molar-refractivity contribution is 0.502. The summed E-state index contributed by atoms with van der Waals surface area (Å²) in [5.74, 6) is 0.421. The number of sulfonamides is 1. The van der Waals surface area contributed by atoms with Crippen molar-refractivity contribution in [3.63, 3.8) is 0 Å². The van der Waals surface area contributed by atoms with Gasteiger partial charge in [0, 0.05) is 0 Å². The van der Waals surface area contributed by atoms with Gasteiger partial charge in [-0.05, 0) is 45.6 Å². The molecule has 0 fully saturated rings. The van der Waals surface area contributed by atoms with Crippen LogP contribution in [0.5, 0.6) is 0 Å². The molecule has 0 heterocycles. The van der Waals surface area contributed by atoms with Crippen LogP contribution in [-0.2, 0) is 10.0 Å². The number of hydrogen-bond acceptors (Lipinski definition) is 3. The molecule has 0 saturated carbocycles. The van der Waals surface area contributed by atoms with E-state index >= 15 is 0 Å². The Balaban J connectivity index is 2.17. The molecule has 0 aliphatic heterocycles. The second-order valence-electron chi connectivity index (χ2n) is 9.94. The van der Waals surface area contributed by atoms with Gasteiger partial charge in [-0.25, -0.2) is 13.1 Å². The predicted molar refractivity (Wildman–Crippen MR) is 142 cm³/mol. The fourth-order valence-corrected chi connectivity index (χ4v) is 6.25. The number of nitrogens with one attached hydrogen (secondary N) is 1. The highest BCUT2D eigenvalue weighted by molar-refractivity contribution is 7.89. The maximum atomic E-state index is 14.1. The van der Waals surface area contributed by atoms with Gasteiger partial charge in [0.1, 0.15) is 0 Å². The molecule has 0 spiro atoms. The lowest BCUT2D eigenvalue weighted by Crippen LogP contribution is -2.37. The second-order valence-corrected chi connectivity index (χ2v) is 11.6. The van der Waals surface area contributed by atoms with Crippen molar-refractivity contribution in [1.82, 2.24) is 4.72 Å². The summed E-state index contributed by atoms with van der Waals surface area (Å²) < 4.78 is 31.2. The summed E-state index contributed by atoms with van der Waals surface area (Å²) >= 11 is 0. The van der Waals surface area contributed by atoms with Crippen LogP contribution >= 0.6 is 0 Å². The van der Waals surface area contributed by atoms with Gasteiger partial charge in [-0.3, -0.25) is 0 Å². The zero-order valence-corrected chi connectivity index (χ0v) is 21.9. The van der Waals surface area contributed by atoms with Gasteiger partial charge < -0.3 is 5.73 Å². The van der Waals surface area contributed by atoms with Crippen LogP contribution in [0.1, 0.15) is 99.2 Å². The SMILES string of the molecule is CC(C)c1cc(C(C)C)c(S(=O)(=O)N[C@@H](c2ccccc2)[C@@H](N)c2ccccc2)c(C(C)C)c1. The van der Waals surface area contributed by atoms with Gasteiger partial charge in [0.15, 0.2) is 0 Å². The molecule has 5 heteroatoms. The van der Waals surface area contributed by atoms with E-state index in [4.69, 9.17) is 5.73 Å². The smallest absolute Gasteiger partial charge is 0.241 e. The summed E-state index contributed by atoms with van der Waals surface area (Å²) in [5, 5.41) is 0. The molecule has 4 nitrogen and oxygen atoms in total. The van der Waals surface area contributed by atoms with E-state index in [2.05, 4.69) is 30.7 Å². The topological polar surface area (TPSA) is 72.2 Å². The van der Waals surface area contributed by atoms with Crippen LogP contribution in [-0.4, -0.2) is 8.42 Å². The Morgan fingerprint density at radius 2 is 1.09 bits per heavy atom. The molecule has 3 aromatic rings. The molecule has 182 valence electrons. The second kappa shape index (κ2) is 10.9. The van der Waals surface area contributed by atoms with Crippen LogP contribution in [0.3, 0.4) is 0 Å². The minimum Gasteiger partial charge on any atom is -0.322 e. The van der Waals surface area contributed by atoms with Crippen LogP contribution in [0.4, 0.5) is 0 Å². The first kappa shape index (κ1) is 26.1. The van der Waals surface area contributed by atoms with Gasteiger partial charge in [0.25, 0.3) is 0 Å². The third kappa shape index (κ3) is 5.77. The van der Waals surface area contributed by atoms with Gasteiger partial charge >= 0.3 is 0 Å². The molecule has 0 saturated heterocycles. The first-order valence-electron chi connectivity index (χ1n) is 12.1. The van der Waals surface area contributed by atoms with Gasteiger partial charge in [0.05, 0.1) is 17.0 Å². The first-order chi connectivity index (χ1) is 16.0. The Hall–Kier alpha value is -2.47. The number of benzene rings is 3. The normalized spacial score (nSPS) is 14.1. The van der Waals surface area contributed by atoms with Gasteiger partial charge in [0.2, 0.25) is 10.0 Å². The van der Waals surface area contributed by atoms with Crippen molar-refractivity contribution in [1.29, 1.82) is 0 Å². The molecule has 3 N–H and O–H groups in total. The number of rotatable bonds is 9. The summed E-state index contributed by atoms with van der Waals surface area (Å²) in [6.45, 7) is 12.5. The Morgan fingerprint density at radius 3 is 1.50 bits per heavy atom. The van der Waals surface area contributed by atoms with E-state index in [-0.39, 0.29) is 11.8 Å². The van der Waals surface area contributed by atoms with Gasteiger partial charge in [-0.2, -0.15) is 0 Å². The molecule has 0 aliphatic carbocycles. The Kier molecular flexibility index (Phi) is 8.34. The van der Waals surface area contributed by atoms with E-state index in [1.807, 2.05) is 88.4 Å². The lowest BCUT2D eigenvalue weighted by Gasteiger charge is -2.28. The summed E-state index contributed by atoms with van der Waals surface area (Å²) in [7, 11) is -3.88. The van der Waals surface area contributed by atoms with Crippen LogP contribution < -0.4 is 10.5 Å². The van der Waals surface area contributed by atoms with Gasteiger partial charge in [-0.15, -0.1) is 0 Å². The third-order valence-corrected chi connectivity index (χ3v) is 7.91. The Labute approximate surface area is 205 Å². The van der Waals surface area contributed by atoms with Crippen molar-refractivity contribution >= 4 is 10.0 Å².